The second kappa shape index (κ2) is 4.80. The number of hydrogen-bond acceptors (Lipinski definition) is 4. The predicted octanol–water partition coefficient (Wildman–Crippen LogP) is 2.65. The highest BCUT2D eigenvalue weighted by Gasteiger charge is 2.13. The molecule has 0 unspecified atom stereocenters. The summed E-state index contributed by atoms with van der Waals surface area (Å²) in [4.78, 5) is 18.5. The average Bonchev–Trinajstić information content (AvgIpc) is 2.35. The van der Waals surface area contributed by atoms with Gasteiger partial charge in [-0.25, -0.2) is 4.79 Å². The van der Waals surface area contributed by atoms with Crippen LogP contribution in [-0.4, -0.2) is 18.1 Å². The largest absolute Gasteiger partial charge is 0.389 e. The first-order valence-corrected chi connectivity index (χ1v) is 6.24. The molecule has 4 heteroatoms. The van der Waals surface area contributed by atoms with Crippen molar-refractivity contribution in [3.05, 3.63) is 33.7 Å². The zero-order chi connectivity index (χ0) is 13.3. The number of aryl methyl sites for hydroxylation is 2. The fourth-order valence-electron chi connectivity index (χ4n) is 2.08. The molecular weight excluding hydrogens is 228 g/mol. The van der Waals surface area contributed by atoms with Crippen molar-refractivity contribution >= 4 is 16.9 Å². The molecule has 1 aromatic carbocycles. The summed E-state index contributed by atoms with van der Waals surface area (Å²) < 4.78 is 5.33. The second-order valence-corrected chi connectivity index (χ2v) is 4.38. The van der Waals surface area contributed by atoms with Gasteiger partial charge in [0.25, 0.3) is 0 Å². The fourth-order valence-corrected chi connectivity index (χ4v) is 2.08. The van der Waals surface area contributed by atoms with Crippen LogP contribution in [0.4, 0.5) is 6.01 Å². The monoisotopic (exact) mass is 246 g/mol. The zero-order valence-corrected chi connectivity index (χ0v) is 11.3. The minimum Gasteiger partial charge on any atom is -0.389 e. The van der Waals surface area contributed by atoms with Crippen LogP contribution in [-0.2, 0) is 0 Å². The molecule has 4 nitrogen and oxygen atoms in total. The lowest BCUT2D eigenvalue weighted by Crippen LogP contribution is -2.24. The maximum Gasteiger partial charge on any atom is 0.348 e. The Labute approximate surface area is 106 Å². The number of anilines is 1. The average molecular weight is 246 g/mol. The van der Waals surface area contributed by atoms with Gasteiger partial charge in [-0.1, -0.05) is 12.1 Å². The van der Waals surface area contributed by atoms with E-state index in [2.05, 4.69) is 4.98 Å². The summed E-state index contributed by atoms with van der Waals surface area (Å²) in [7, 11) is 0. The molecule has 18 heavy (non-hydrogen) atoms. The number of aromatic nitrogens is 1. The van der Waals surface area contributed by atoms with Gasteiger partial charge in [0.05, 0.1) is 10.9 Å². The van der Waals surface area contributed by atoms with E-state index in [4.69, 9.17) is 4.42 Å². The van der Waals surface area contributed by atoms with Crippen LogP contribution in [0.5, 0.6) is 0 Å². The van der Waals surface area contributed by atoms with E-state index in [1.165, 1.54) is 0 Å². The minimum atomic E-state index is -0.303. The van der Waals surface area contributed by atoms with Gasteiger partial charge < -0.3 is 9.32 Å². The van der Waals surface area contributed by atoms with E-state index in [9.17, 15) is 4.79 Å². The molecule has 0 saturated carbocycles. The van der Waals surface area contributed by atoms with E-state index in [1.54, 1.807) is 0 Å². The van der Waals surface area contributed by atoms with Gasteiger partial charge in [-0.3, -0.25) is 0 Å². The van der Waals surface area contributed by atoms with E-state index in [1.807, 2.05) is 44.7 Å². The summed E-state index contributed by atoms with van der Waals surface area (Å²) in [5, 5.41) is 0.589. The van der Waals surface area contributed by atoms with Crippen molar-refractivity contribution in [2.24, 2.45) is 0 Å². The SMILES string of the molecule is CCN(CC)c1nc2c(C)ccc(C)c2c(=O)o1. The number of rotatable bonds is 3. The van der Waals surface area contributed by atoms with Crippen LogP contribution in [0.25, 0.3) is 10.9 Å². The molecule has 0 spiro atoms. The molecule has 2 aromatic rings. The zero-order valence-electron chi connectivity index (χ0n) is 11.3. The fraction of sp³-hybridized carbons (Fsp3) is 0.429. The first-order chi connectivity index (χ1) is 8.58. The van der Waals surface area contributed by atoms with E-state index < -0.39 is 0 Å². The Morgan fingerprint density at radius 2 is 1.78 bits per heavy atom. The van der Waals surface area contributed by atoms with E-state index in [0.29, 0.717) is 11.4 Å². The summed E-state index contributed by atoms with van der Waals surface area (Å²) in [6, 6.07) is 4.31. The third-order valence-corrected chi connectivity index (χ3v) is 3.22. The number of nitrogens with zero attached hydrogens (tertiary/aromatic N) is 2. The molecule has 1 aromatic heterocycles. The summed E-state index contributed by atoms with van der Waals surface area (Å²) in [5.74, 6) is 0. The maximum absolute atomic E-state index is 12.1. The number of fused-ring (bicyclic) bond motifs is 1. The molecule has 0 aliphatic rings. The van der Waals surface area contributed by atoms with Crippen molar-refractivity contribution in [3.8, 4) is 0 Å². The number of hydrogen-bond donors (Lipinski definition) is 0. The third kappa shape index (κ3) is 1.98. The van der Waals surface area contributed by atoms with Gasteiger partial charge in [0.1, 0.15) is 0 Å². The van der Waals surface area contributed by atoms with Crippen LogP contribution >= 0.6 is 0 Å². The van der Waals surface area contributed by atoms with E-state index in [0.717, 1.165) is 29.7 Å². The van der Waals surface area contributed by atoms with E-state index >= 15 is 0 Å². The molecule has 0 aliphatic carbocycles. The molecule has 0 fully saturated rings. The van der Waals surface area contributed by atoms with Crippen LogP contribution in [0.15, 0.2) is 21.3 Å². The van der Waals surface area contributed by atoms with Crippen LogP contribution < -0.4 is 10.5 Å². The summed E-state index contributed by atoms with van der Waals surface area (Å²) in [6.07, 6.45) is 0. The lowest BCUT2D eigenvalue weighted by atomic mass is 10.1. The minimum absolute atomic E-state index is 0.303. The maximum atomic E-state index is 12.1. The number of benzene rings is 1. The summed E-state index contributed by atoms with van der Waals surface area (Å²) in [5.41, 5.74) is 2.34. The Hall–Kier alpha value is -1.84. The van der Waals surface area contributed by atoms with Crippen molar-refractivity contribution in [3.63, 3.8) is 0 Å². The second-order valence-electron chi connectivity index (χ2n) is 4.38. The molecule has 0 aliphatic heterocycles. The standard InChI is InChI=1S/C14H18N2O2/c1-5-16(6-2)14-15-12-10(4)8-7-9(3)11(12)13(17)18-14/h7-8H,5-6H2,1-4H3. The molecule has 0 amide bonds. The molecule has 2 rings (SSSR count). The van der Waals surface area contributed by atoms with Crippen molar-refractivity contribution in [2.75, 3.05) is 18.0 Å². The Kier molecular flexibility index (Phi) is 3.36. The Morgan fingerprint density at radius 3 is 2.39 bits per heavy atom. The van der Waals surface area contributed by atoms with Gasteiger partial charge in [-0.15, -0.1) is 0 Å². The van der Waals surface area contributed by atoms with Gasteiger partial charge in [-0.05, 0) is 38.8 Å². The van der Waals surface area contributed by atoms with E-state index in [-0.39, 0.29) is 5.63 Å². The van der Waals surface area contributed by atoms with Gasteiger partial charge in [-0.2, -0.15) is 4.98 Å². The van der Waals surface area contributed by atoms with Gasteiger partial charge >= 0.3 is 11.6 Å². The van der Waals surface area contributed by atoms with Crippen LogP contribution in [0.3, 0.4) is 0 Å². The normalized spacial score (nSPS) is 10.9. The first-order valence-electron chi connectivity index (χ1n) is 6.24. The van der Waals surface area contributed by atoms with Gasteiger partial charge in [0, 0.05) is 13.1 Å². The molecule has 0 bridgehead atoms. The molecule has 0 saturated heterocycles. The Balaban J connectivity index is 2.77. The Morgan fingerprint density at radius 1 is 1.17 bits per heavy atom. The molecule has 0 radical (unpaired) electrons. The van der Waals surface area contributed by atoms with Crippen molar-refractivity contribution < 1.29 is 4.42 Å². The lowest BCUT2D eigenvalue weighted by molar-refractivity contribution is 0.490. The van der Waals surface area contributed by atoms with Crippen molar-refractivity contribution in [1.29, 1.82) is 0 Å². The Bertz CT molecular complexity index is 627. The highest BCUT2D eigenvalue weighted by atomic mass is 16.4. The summed E-state index contributed by atoms with van der Waals surface area (Å²) >= 11 is 0. The summed E-state index contributed by atoms with van der Waals surface area (Å²) in [6.45, 7) is 9.42. The van der Waals surface area contributed by atoms with Crippen molar-refractivity contribution in [2.45, 2.75) is 27.7 Å². The highest BCUT2D eigenvalue weighted by Crippen LogP contribution is 2.20. The molecule has 96 valence electrons. The molecule has 1 heterocycles. The predicted molar refractivity (Wildman–Crippen MR) is 73.3 cm³/mol. The topological polar surface area (TPSA) is 46.3 Å². The molecule has 0 N–H and O–H groups in total. The van der Waals surface area contributed by atoms with Crippen LogP contribution in [0, 0.1) is 13.8 Å². The smallest absolute Gasteiger partial charge is 0.348 e. The van der Waals surface area contributed by atoms with Crippen LogP contribution in [0.2, 0.25) is 0 Å². The quantitative estimate of drug-likeness (QED) is 0.835. The van der Waals surface area contributed by atoms with Gasteiger partial charge in [0.2, 0.25) is 0 Å². The van der Waals surface area contributed by atoms with Crippen LogP contribution in [0.1, 0.15) is 25.0 Å². The van der Waals surface area contributed by atoms with Gasteiger partial charge in [0.15, 0.2) is 0 Å². The van der Waals surface area contributed by atoms with Crippen molar-refractivity contribution in [1.82, 2.24) is 4.98 Å². The molecular formula is C14H18N2O2. The molecule has 0 atom stereocenters. The lowest BCUT2D eigenvalue weighted by Gasteiger charge is -2.17. The highest BCUT2D eigenvalue weighted by molar-refractivity contribution is 5.84. The third-order valence-electron chi connectivity index (χ3n) is 3.22. The first kappa shape index (κ1) is 12.6.